The lowest BCUT2D eigenvalue weighted by Gasteiger charge is -2.35. The molecular formula is C42H49FN6O10S. The molecule has 0 aliphatic carbocycles. The number of carboxylic acid groups (broad SMARTS) is 1. The Bertz CT molecular complexity index is 2220. The lowest BCUT2D eigenvalue weighted by Crippen LogP contribution is -2.52. The third-order valence-corrected chi connectivity index (χ3v) is 13.6. The minimum Gasteiger partial charge on any atom is -0.497 e. The fourth-order valence-corrected chi connectivity index (χ4v) is 10.6. The second kappa shape index (κ2) is 17.9. The first kappa shape index (κ1) is 42.5. The molecule has 16 nitrogen and oxygen atoms in total. The Labute approximate surface area is 349 Å². The number of fused-ring (bicyclic) bond motifs is 3. The van der Waals surface area contributed by atoms with E-state index in [0.717, 1.165) is 31.1 Å². The summed E-state index contributed by atoms with van der Waals surface area (Å²) in [5.41, 5.74) is -1.06. The molecule has 6 unspecified atom stereocenters. The van der Waals surface area contributed by atoms with Gasteiger partial charge in [0.1, 0.15) is 29.0 Å². The summed E-state index contributed by atoms with van der Waals surface area (Å²) in [7, 11) is 1.48. The molecule has 3 aromatic rings. The average Bonchev–Trinajstić information content (AvgIpc) is 3.98. The number of carboxylic acids is 1. The van der Waals surface area contributed by atoms with Gasteiger partial charge in [-0.3, -0.25) is 29.3 Å². The van der Waals surface area contributed by atoms with Gasteiger partial charge in [-0.1, -0.05) is 25.8 Å². The molecule has 7 amide bonds. The molecule has 6 N–H and O–H groups in total. The van der Waals surface area contributed by atoms with Gasteiger partial charge in [0.05, 0.1) is 19.2 Å². The van der Waals surface area contributed by atoms with E-state index >= 15 is 4.39 Å². The van der Waals surface area contributed by atoms with Crippen LogP contribution in [0.1, 0.15) is 96.8 Å². The largest absolute Gasteiger partial charge is 0.497 e. The van der Waals surface area contributed by atoms with Crippen molar-refractivity contribution < 1.29 is 52.2 Å². The first-order valence-electron chi connectivity index (χ1n) is 20.3. The van der Waals surface area contributed by atoms with E-state index in [1.807, 2.05) is 11.8 Å². The third kappa shape index (κ3) is 8.79. The number of aliphatic carboxylic acids is 1. The van der Waals surface area contributed by atoms with Crippen LogP contribution in [0.15, 0.2) is 40.8 Å². The van der Waals surface area contributed by atoms with E-state index < -0.39 is 41.2 Å². The number of amides is 7. The van der Waals surface area contributed by atoms with Crippen molar-refractivity contribution in [3.63, 3.8) is 0 Å². The molecule has 5 heterocycles. The van der Waals surface area contributed by atoms with Gasteiger partial charge in [0.25, 0.3) is 17.7 Å². The number of ether oxygens (including phenoxy) is 1. The Morgan fingerprint density at radius 2 is 1.92 bits per heavy atom. The van der Waals surface area contributed by atoms with Crippen LogP contribution in [-0.2, 0) is 31.3 Å². The highest BCUT2D eigenvalue weighted by Crippen LogP contribution is 2.43. The van der Waals surface area contributed by atoms with Gasteiger partial charge >= 0.3 is 12.0 Å². The highest BCUT2D eigenvalue weighted by molar-refractivity contribution is 8.00. The second-order valence-electron chi connectivity index (χ2n) is 15.9. The average molecular weight is 849 g/mol. The second-order valence-corrected chi connectivity index (χ2v) is 17.2. The SMILES string of the molecule is CCC1CC(=O)NC2C(CCCCC(=O)NC(CCCCNC(=O)c3cc4cc(C5(CN6Cc7ccc(OC)cc7C6=O)NC(=O)NC5=O)oc4cc3F)C(=O)O)SCC12. The van der Waals surface area contributed by atoms with Crippen molar-refractivity contribution in [2.45, 2.75) is 94.1 Å². The molecule has 2 aromatic carbocycles. The molecular weight excluding hydrogens is 800 g/mol. The van der Waals surface area contributed by atoms with Crippen molar-refractivity contribution in [3.8, 4) is 5.75 Å². The quantitative estimate of drug-likeness (QED) is 0.0794. The van der Waals surface area contributed by atoms with Gasteiger partial charge in [-0.05, 0) is 79.5 Å². The Hall–Kier alpha value is -5.65. The fraction of sp³-hybridized carbons (Fsp3) is 0.500. The summed E-state index contributed by atoms with van der Waals surface area (Å²) < 4.78 is 26.5. The number of halogens is 1. The number of nitrogens with zero attached hydrogens (tertiary/aromatic N) is 1. The van der Waals surface area contributed by atoms with E-state index in [2.05, 4.69) is 33.5 Å². The first-order chi connectivity index (χ1) is 28.8. The smallest absolute Gasteiger partial charge is 0.326 e. The van der Waals surface area contributed by atoms with E-state index in [0.29, 0.717) is 59.6 Å². The van der Waals surface area contributed by atoms with E-state index in [1.165, 1.54) is 24.1 Å². The zero-order valence-electron chi connectivity index (χ0n) is 33.4. The molecule has 320 valence electrons. The maximum Gasteiger partial charge on any atom is 0.326 e. The number of nitrogens with one attached hydrogen (secondary N) is 5. The zero-order chi connectivity index (χ0) is 42.7. The molecule has 0 spiro atoms. The minimum absolute atomic E-state index is 0.000369. The lowest BCUT2D eigenvalue weighted by molar-refractivity contribution is -0.142. The molecule has 60 heavy (non-hydrogen) atoms. The van der Waals surface area contributed by atoms with E-state index in [9.17, 15) is 38.7 Å². The summed E-state index contributed by atoms with van der Waals surface area (Å²) in [5, 5.41) is 23.5. The first-order valence-corrected chi connectivity index (χ1v) is 21.4. The van der Waals surface area contributed by atoms with Gasteiger partial charge < -0.3 is 40.4 Å². The summed E-state index contributed by atoms with van der Waals surface area (Å²) >= 11 is 1.89. The summed E-state index contributed by atoms with van der Waals surface area (Å²) in [6.45, 7) is 2.08. The van der Waals surface area contributed by atoms with Crippen LogP contribution in [0, 0.1) is 17.7 Å². The van der Waals surface area contributed by atoms with Gasteiger partial charge in [-0.2, -0.15) is 11.8 Å². The zero-order valence-corrected chi connectivity index (χ0v) is 34.2. The number of carbonyl (C=O) groups excluding carboxylic acids is 6. The number of benzene rings is 2. The topological polar surface area (TPSA) is 225 Å². The molecule has 4 aliphatic rings. The summed E-state index contributed by atoms with van der Waals surface area (Å²) in [4.78, 5) is 90.4. The number of rotatable bonds is 18. The predicted molar refractivity (Wildman–Crippen MR) is 217 cm³/mol. The van der Waals surface area contributed by atoms with Crippen LogP contribution in [0.25, 0.3) is 11.0 Å². The number of imide groups is 1. The number of unbranched alkanes of at least 4 members (excludes halogenated alkanes) is 2. The van der Waals surface area contributed by atoms with Crippen molar-refractivity contribution >= 4 is 64.3 Å². The maximum absolute atomic E-state index is 15.3. The van der Waals surface area contributed by atoms with Crippen molar-refractivity contribution in [1.29, 1.82) is 0 Å². The van der Waals surface area contributed by atoms with Gasteiger partial charge in [0.15, 0.2) is 5.54 Å². The standard InChI is InChI=1S/C42H49FN6O10S/c1-3-22-16-35(51)46-36-28(22)20-60-32(36)9-4-5-10-34(50)45-30(39(54)55)8-6-7-13-44-37(52)27-14-24-15-33(59-31(24)18-29(27)43)42(40(56)47-41(57)48-42)21-49-19-23-11-12-25(58-2)17-26(23)38(49)53/h11-12,14-15,17-18,22,28,30,32,36H,3-10,13,16,19-21H2,1-2H3,(H,44,52)(H,45,50)(H,46,51)(H,54,55)(H2,47,48,56,57). The minimum atomic E-state index is -1.85. The molecule has 1 aromatic heterocycles. The number of urea groups is 1. The Kier molecular flexibility index (Phi) is 12.7. The van der Waals surface area contributed by atoms with Crippen molar-refractivity contribution in [2.24, 2.45) is 11.8 Å². The van der Waals surface area contributed by atoms with Crippen molar-refractivity contribution in [1.82, 2.24) is 31.5 Å². The lowest BCUT2D eigenvalue weighted by atomic mass is 9.78. The molecule has 7 rings (SSSR count). The number of furan rings is 1. The number of methoxy groups -OCH3 is 1. The summed E-state index contributed by atoms with van der Waals surface area (Å²) in [6, 6.07) is 6.98. The molecule has 0 bridgehead atoms. The third-order valence-electron chi connectivity index (χ3n) is 12.1. The predicted octanol–water partition coefficient (Wildman–Crippen LogP) is 3.95. The molecule has 3 saturated heterocycles. The van der Waals surface area contributed by atoms with Crippen LogP contribution in [0.5, 0.6) is 5.75 Å². The van der Waals surface area contributed by atoms with Crippen LogP contribution in [0.3, 0.4) is 0 Å². The molecule has 0 saturated carbocycles. The number of carbonyl (C=O) groups is 7. The highest BCUT2D eigenvalue weighted by atomic mass is 32.2. The number of thioether (sulfide) groups is 1. The van der Waals surface area contributed by atoms with Crippen LogP contribution >= 0.6 is 11.8 Å². The van der Waals surface area contributed by atoms with Crippen LogP contribution < -0.4 is 31.3 Å². The Morgan fingerprint density at radius 1 is 1.10 bits per heavy atom. The normalized spacial score (nSPS) is 23.8. The fourth-order valence-electron chi connectivity index (χ4n) is 8.80. The van der Waals surface area contributed by atoms with Gasteiger partial charge in [0.2, 0.25) is 11.8 Å². The van der Waals surface area contributed by atoms with Crippen molar-refractivity contribution in [2.75, 3.05) is 26.0 Å². The van der Waals surface area contributed by atoms with Crippen molar-refractivity contribution in [3.05, 3.63) is 64.7 Å². The number of hydrogen-bond donors (Lipinski definition) is 6. The van der Waals surface area contributed by atoms with Gasteiger partial charge in [0, 0.05) is 54.2 Å². The number of piperidine rings is 1. The van der Waals surface area contributed by atoms with Crippen LogP contribution in [0.2, 0.25) is 0 Å². The number of hydrogen-bond acceptors (Lipinski definition) is 10. The van der Waals surface area contributed by atoms with Crippen LogP contribution in [0.4, 0.5) is 9.18 Å². The molecule has 0 radical (unpaired) electrons. The Morgan fingerprint density at radius 3 is 2.65 bits per heavy atom. The van der Waals surface area contributed by atoms with Gasteiger partial charge in [-0.15, -0.1) is 0 Å². The maximum atomic E-state index is 15.3. The molecule has 6 atom stereocenters. The summed E-state index contributed by atoms with van der Waals surface area (Å²) in [6.07, 6.45) is 4.86. The molecule has 3 fully saturated rings. The van der Waals surface area contributed by atoms with E-state index in [1.54, 1.807) is 18.2 Å². The highest BCUT2D eigenvalue weighted by Gasteiger charge is 2.53. The molecule has 18 heteroatoms. The Balaban J connectivity index is 0.886. The monoisotopic (exact) mass is 848 g/mol. The van der Waals surface area contributed by atoms with E-state index in [-0.39, 0.29) is 78.5 Å². The summed E-state index contributed by atoms with van der Waals surface area (Å²) in [5.74, 6) is -1.86. The van der Waals surface area contributed by atoms with Crippen LogP contribution in [-0.4, -0.2) is 94.8 Å². The molecule has 4 aliphatic heterocycles. The van der Waals surface area contributed by atoms with E-state index in [4.69, 9.17) is 9.15 Å². The van der Waals surface area contributed by atoms with Gasteiger partial charge in [-0.25, -0.2) is 14.0 Å².